The minimum atomic E-state index is 0.480. The number of benzene rings is 1. The third-order valence-electron chi connectivity index (χ3n) is 2.74. The number of rotatable bonds is 6. The molecule has 0 unspecified atom stereocenters. The molecule has 0 aliphatic heterocycles. The Kier molecular flexibility index (Phi) is 5.79. The second-order valence-corrected chi connectivity index (χ2v) is 5.14. The first-order chi connectivity index (χ1) is 8.04. The first kappa shape index (κ1) is 14.3. The molecule has 1 aromatic rings. The fourth-order valence-corrected chi connectivity index (χ4v) is 1.94. The molecule has 0 aromatic heterocycles. The van der Waals surface area contributed by atoms with Gasteiger partial charge in [0.05, 0.1) is 0 Å². The van der Waals surface area contributed by atoms with Crippen LogP contribution in [0.2, 0.25) is 5.02 Å². The summed E-state index contributed by atoms with van der Waals surface area (Å²) in [7, 11) is 2.10. The summed E-state index contributed by atoms with van der Waals surface area (Å²) < 4.78 is 0. The molecule has 0 saturated carbocycles. The van der Waals surface area contributed by atoms with Crippen molar-refractivity contribution in [1.29, 1.82) is 0 Å². The molecule has 0 amide bonds. The fourth-order valence-electron chi connectivity index (χ4n) is 1.70. The van der Waals surface area contributed by atoms with Gasteiger partial charge in [-0.2, -0.15) is 0 Å². The second-order valence-electron chi connectivity index (χ2n) is 4.73. The molecule has 0 aliphatic rings. The average molecular weight is 255 g/mol. The number of hydrogen-bond acceptors (Lipinski definition) is 2. The van der Waals surface area contributed by atoms with E-state index in [2.05, 4.69) is 56.2 Å². The van der Waals surface area contributed by atoms with Gasteiger partial charge in [0.15, 0.2) is 0 Å². The average Bonchev–Trinajstić information content (AvgIpc) is 2.27. The van der Waals surface area contributed by atoms with E-state index in [1.165, 1.54) is 5.69 Å². The molecular formula is C14H23ClN2. The van der Waals surface area contributed by atoms with E-state index in [9.17, 15) is 0 Å². The van der Waals surface area contributed by atoms with Crippen molar-refractivity contribution < 1.29 is 0 Å². The molecule has 0 radical (unpaired) electrons. The van der Waals surface area contributed by atoms with E-state index < -0.39 is 0 Å². The number of hydrogen-bond donors (Lipinski definition) is 1. The van der Waals surface area contributed by atoms with Crippen molar-refractivity contribution in [3.05, 3.63) is 28.8 Å². The number of anilines is 1. The van der Waals surface area contributed by atoms with Crippen molar-refractivity contribution in [3.63, 3.8) is 0 Å². The summed E-state index contributed by atoms with van der Waals surface area (Å²) in [6.45, 7) is 8.34. The van der Waals surface area contributed by atoms with Crippen LogP contribution in [0.5, 0.6) is 0 Å². The maximum atomic E-state index is 6.29. The monoisotopic (exact) mass is 254 g/mol. The van der Waals surface area contributed by atoms with E-state index in [0.29, 0.717) is 6.04 Å². The lowest BCUT2D eigenvalue weighted by atomic mass is 10.2. The first-order valence-corrected chi connectivity index (χ1v) is 6.65. The summed E-state index contributed by atoms with van der Waals surface area (Å²) in [4.78, 5) is 2.23. The van der Waals surface area contributed by atoms with Gasteiger partial charge < -0.3 is 10.2 Å². The summed E-state index contributed by atoms with van der Waals surface area (Å²) in [5.41, 5.74) is 2.35. The minimum Gasteiger partial charge on any atom is -0.375 e. The smallest absolute Gasteiger partial charge is 0.0471 e. The summed E-state index contributed by atoms with van der Waals surface area (Å²) in [5.74, 6) is 0. The van der Waals surface area contributed by atoms with E-state index in [1.807, 2.05) is 0 Å². The lowest BCUT2D eigenvalue weighted by molar-refractivity contribution is 0.589. The Bertz CT molecular complexity index is 350. The molecule has 1 rings (SSSR count). The Hall–Kier alpha value is -0.730. The maximum Gasteiger partial charge on any atom is 0.0471 e. The first-order valence-electron chi connectivity index (χ1n) is 6.27. The van der Waals surface area contributed by atoms with Crippen molar-refractivity contribution in [2.75, 3.05) is 18.5 Å². The zero-order chi connectivity index (χ0) is 12.8. The predicted octanol–water partition coefficient (Wildman–Crippen LogP) is 3.68. The predicted molar refractivity (Wildman–Crippen MR) is 77.0 cm³/mol. The topological polar surface area (TPSA) is 15.3 Å². The molecule has 1 aromatic carbocycles. The van der Waals surface area contributed by atoms with E-state index in [1.54, 1.807) is 0 Å². The highest BCUT2D eigenvalue weighted by Gasteiger charge is 2.05. The molecule has 1 N–H and O–H groups in total. The van der Waals surface area contributed by atoms with E-state index in [-0.39, 0.29) is 0 Å². The number of nitrogens with zero attached hydrogens (tertiary/aromatic N) is 1. The van der Waals surface area contributed by atoms with Crippen LogP contribution >= 0.6 is 11.6 Å². The zero-order valence-corrected chi connectivity index (χ0v) is 12.0. The normalized spacial score (nSPS) is 10.9. The molecule has 96 valence electrons. The Balaban J connectivity index is 2.72. The molecule has 0 heterocycles. The van der Waals surface area contributed by atoms with Crippen LogP contribution in [0.4, 0.5) is 5.69 Å². The maximum absolute atomic E-state index is 6.29. The van der Waals surface area contributed by atoms with Crippen LogP contribution in [0.3, 0.4) is 0 Å². The molecular weight excluding hydrogens is 232 g/mol. The SMILES string of the molecule is CCCN(C)c1ccc(CNC(C)C)c(Cl)c1. The summed E-state index contributed by atoms with van der Waals surface area (Å²) >= 11 is 6.29. The number of halogens is 1. The Morgan fingerprint density at radius 1 is 1.35 bits per heavy atom. The van der Waals surface area contributed by atoms with Crippen molar-refractivity contribution in [2.24, 2.45) is 0 Å². The standard InChI is InChI=1S/C14H23ClN2/c1-5-8-17(4)13-7-6-12(14(15)9-13)10-16-11(2)3/h6-7,9,11,16H,5,8,10H2,1-4H3. The van der Waals surface area contributed by atoms with Crippen molar-refractivity contribution in [2.45, 2.75) is 39.8 Å². The summed E-state index contributed by atoms with van der Waals surface area (Å²) in [6.07, 6.45) is 1.14. The molecule has 3 heteroatoms. The van der Waals surface area contributed by atoms with Crippen LogP contribution in [-0.2, 0) is 6.54 Å². The molecule has 17 heavy (non-hydrogen) atoms. The Morgan fingerprint density at radius 2 is 2.06 bits per heavy atom. The molecule has 0 spiro atoms. The van der Waals surface area contributed by atoms with Gasteiger partial charge in [0, 0.05) is 36.9 Å². The fraction of sp³-hybridized carbons (Fsp3) is 0.571. The van der Waals surface area contributed by atoms with E-state index >= 15 is 0 Å². The van der Waals surface area contributed by atoms with Gasteiger partial charge in [-0.15, -0.1) is 0 Å². The van der Waals surface area contributed by atoms with Crippen LogP contribution in [0.15, 0.2) is 18.2 Å². The third kappa shape index (κ3) is 4.57. The van der Waals surface area contributed by atoms with Crippen molar-refractivity contribution in [3.8, 4) is 0 Å². The Labute approximate surface area is 110 Å². The zero-order valence-electron chi connectivity index (χ0n) is 11.3. The van der Waals surface area contributed by atoms with Gasteiger partial charge in [-0.1, -0.05) is 38.4 Å². The lowest BCUT2D eigenvalue weighted by Gasteiger charge is -2.19. The lowest BCUT2D eigenvalue weighted by Crippen LogP contribution is -2.22. The summed E-state index contributed by atoms with van der Waals surface area (Å²) in [5, 5.41) is 4.22. The molecule has 0 saturated heterocycles. The molecule has 0 fully saturated rings. The largest absolute Gasteiger partial charge is 0.375 e. The summed E-state index contributed by atoms with van der Waals surface area (Å²) in [6, 6.07) is 6.78. The van der Waals surface area contributed by atoms with Crippen LogP contribution in [0.1, 0.15) is 32.8 Å². The number of nitrogens with one attached hydrogen (secondary N) is 1. The highest BCUT2D eigenvalue weighted by molar-refractivity contribution is 6.31. The van der Waals surface area contributed by atoms with E-state index in [0.717, 1.165) is 30.1 Å². The molecule has 0 atom stereocenters. The highest BCUT2D eigenvalue weighted by atomic mass is 35.5. The van der Waals surface area contributed by atoms with Crippen LogP contribution < -0.4 is 10.2 Å². The third-order valence-corrected chi connectivity index (χ3v) is 3.09. The molecule has 0 bridgehead atoms. The van der Waals surface area contributed by atoms with Gasteiger partial charge in [-0.3, -0.25) is 0 Å². The second kappa shape index (κ2) is 6.87. The van der Waals surface area contributed by atoms with Crippen molar-refractivity contribution >= 4 is 17.3 Å². The van der Waals surface area contributed by atoms with Crippen LogP contribution in [0.25, 0.3) is 0 Å². The van der Waals surface area contributed by atoms with Crippen molar-refractivity contribution in [1.82, 2.24) is 5.32 Å². The van der Waals surface area contributed by atoms with Gasteiger partial charge in [0.25, 0.3) is 0 Å². The van der Waals surface area contributed by atoms with Gasteiger partial charge in [0.2, 0.25) is 0 Å². The van der Waals surface area contributed by atoms with Gasteiger partial charge >= 0.3 is 0 Å². The minimum absolute atomic E-state index is 0.480. The molecule has 2 nitrogen and oxygen atoms in total. The van der Waals surface area contributed by atoms with Crippen LogP contribution in [0, 0.1) is 0 Å². The quantitative estimate of drug-likeness (QED) is 0.833. The highest BCUT2D eigenvalue weighted by Crippen LogP contribution is 2.23. The molecule has 0 aliphatic carbocycles. The Morgan fingerprint density at radius 3 is 2.59 bits per heavy atom. The van der Waals surface area contributed by atoms with Crippen LogP contribution in [-0.4, -0.2) is 19.6 Å². The van der Waals surface area contributed by atoms with Gasteiger partial charge in [-0.05, 0) is 24.1 Å². The van der Waals surface area contributed by atoms with Gasteiger partial charge in [-0.25, -0.2) is 0 Å². The van der Waals surface area contributed by atoms with E-state index in [4.69, 9.17) is 11.6 Å². The van der Waals surface area contributed by atoms with Gasteiger partial charge in [0.1, 0.15) is 0 Å².